The fraction of sp³-hybridized carbons (Fsp3) is 0.875. The van der Waals surface area contributed by atoms with Crippen LogP contribution in [0.2, 0.25) is 0 Å². The number of amides is 3. The van der Waals surface area contributed by atoms with Gasteiger partial charge in [0, 0.05) is 12.6 Å². The standard InChI is InChI=1S/C16H27N3O7/c20-6-12(23)13(24)11(22)5-19-10-4-8(21)2-1-7(10)3-9-14(19)17-16(26)18-15(9)25/h7-14,20-24H,1-6H2,(H2,17,18,25,26)/t7?,8?,9?,10?,11-,12+,13-,14?/m0/s1. The first-order valence-corrected chi connectivity index (χ1v) is 9.02. The van der Waals surface area contributed by atoms with Crippen LogP contribution < -0.4 is 10.6 Å². The number of piperidine rings is 1. The van der Waals surface area contributed by atoms with Crippen molar-refractivity contribution in [2.75, 3.05) is 13.2 Å². The van der Waals surface area contributed by atoms with Crippen molar-refractivity contribution in [1.82, 2.24) is 15.5 Å². The van der Waals surface area contributed by atoms with E-state index >= 15 is 0 Å². The minimum absolute atomic E-state index is 0.110. The summed E-state index contributed by atoms with van der Waals surface area (Å²) in [7, 11) is 0. The van der Waals surface area contributed by atoms with Crippen LogP contribution in [-0.4, -0.2) is 92.1 Å². The minimum Gasteiger partial charge on any atom is -0.394 e. The van der Waals surface area contributed by atoms with E-state index in [0.717, 1.165) is 6.42 Å². The maximum absolute atomic E-state index is 12.3. The number of carbonyl (C=O) groups is 2. The van der Waals surface area contributed by atoms with Crippen LogP contribution in [0.25, 0.3) is 0 Å². The number of nitrogens with zero attached hydrogens (tertiary/aromatic N) is 1. The number of hydrogen-bond donors (Lipinski definition) is 7. The third kappa shape index (κ3) is 3.71. The van der Waals surface area contributed by atoms with Gasteiger partial charge in [0.2, 0.25) is 5.91 Å². The third-order valence-electron chi connectivity index (χ3n) is 5.88. The Labute approximate surface area is 150 Å². The highest BCUT2D eigenvalue weighted by atomic mass is 16.4. The Balaban J connectivity index is 1.83. The molecule has 2 saturated heterocycles. The molecule has 10 nitrogen and oxygen atoms in total. The Hall–Kier alpha value is -1.30. The van der Waals surface area contributed by atoms with Gasteiger partial charge in [0.1, 0.15) is 12.2 Å². The molecule has 3 fully saturated rings. The highest BCUT2D eigenvalue weighted by Gasteiger charge is 2.50. The Morgan fingerprint density at radius 1 is 1.12 bits per heavy atom. The fourth-order valence-electron chi connectivity index (χ4n) is 4.51. The monoisotopic (exact) mass is 373 g/mol. The van der Waals surface area contributed by atoms with Crippen LogP contribution in [0.15, 0.2) is 0 Å². The normalized spacial score (nSPS) is 38.4. The maximum Gasteiger partial charge on any atom is 0.322 e. The van der Waals surface area contributed by atoms with Crippen LogP contribution in [0, 0.1) is 11.8 Å². The molecule has 3 amide bonds. The summed E-state index contributed by atoms with van der Waals surface area (Å²) in [5.74, 6) is -0.748. The molecule has 5 unspecified atom stereocenters. The lowest BCUT2D eigenvalue weighted by atomic mass is 9.72. The molecule has 0 bridgehead atoms. The molecule has 2 aliphatic heterocycles. The number of hydrogen-bond acceptors (Lipinski definition) is 8. The average Bonchev–Trinajstić information content (AvgIpc) is 2.61. The number of carbonyl (C=O) groups excluding carboxylic acids is 2. The summed E-state index contributed by atoms with van der Waals surface area (Å²) in [6.07, 6.45) is -3.25. The molecule has 10 heteroatoms. The van der Waals surface area contributed by atoms with Gasteiger partial charge in [-0.2, -0.15) is 0 Å². The van der Waals surface area contributed by atoms with Crippen molar-refractivity contribution < 1.29 is 35.1 Å². The fourth-order valence-corrected chi connectivity index (χ4v) is 4.51. The predicted octanol–water partition coefficient (Wildman–Crippen LogP) is -2.92. The second-order valence-electron chi connectivity index (χ2n) is 7.55. The molecule has 2 heterocycles. The topological polar surface area (TPSA) is 163 Å². The molecular formula is C16H27N3O7. The summed E-state index contributed by atoms with van der Waals surface area (Å²) >= 11 is 0. The van der Waals surface area contributed by atoms with E-state index in [9.17, 15) is 30.0 Å². The van der Waals surface area contributed by atoms with E-state index in [4.69, 9.17) is 5.11 Å². The SMILES string of the molecule is O=C1NC(=O)C2CC3CCC(O)CC3N(C[C@H](O)[C@H](O)[C@H](O)CO)C2N1. The van der Waals surface area contributed by atoms with Crippen molar-refractivity contribution >= 4 is 11.9 Å². The lowest BCUT2D eigenvalue weighted by Gasteiger charge is -2.53. The predicted molar refractivity (Wildman–Crippen MR) is 87.5 cm³/mol. The van der Waals surface area contributed by atoms with Crippen LogP contribution in [-0.2, 0) is 4.79 Å². The summed E-state index contributed by atoms with van der Waals surface area (Å²) in [5, 5.41) is 53.8. The number of imide groups is 1. The molecule has 26 heavy (non-hydrogen) atoms. The lowest BCUT2D eigenvalue weighted by Crippen LogP contribution is -2.71. The van der Waals surface area contributed by atoms with Gasteiger partial charge < -0.3 is 30.8 Å². The average molecular weight is 373 g/mol. The molecule has 0 aromatic carbocycles. The van der Waals surface area contributed by atoms with E-state index in [2.05, 4.69) is 10.6 Å². The van der Waals surface area contributed by atoms with Crippen LogP contribution in [0.4, 0.5) is 4.79 Å². The van der Waals surface area contributed by atoms with Crippen LogP contribution >= 0.6 is 0 Å². The second-order valence-corrected chi connectivity index (χ2v) is 7.55. The van der Waals surface area contributed by atoms with E-state index in [1.54, 1.807) is 4.90 Å². The van der Waals surface area contributed by atoms with E-state index in [1.165, 1.54) is 0 Å². The molecule has 7 N–H and O–H groups in total. The van der Waals surface area contributed by atoms with Crippen molar-refractivity contribution in [3.05, 3.63) is 0 Å². The van der Waals surface area contributed by atoms with Gasteiger partial charge in [-0.3, -0.25) is 15.0 Å². The number of likely N-dealkylation sites (tertiary alicyclic amines) is 1. The summed E-state index contributed by atoms with van der Waals surface area (Å²) in [5.41, 5.74) is 0. The van der Waals surface area contributed by atoms with Gasteiger partial charge >= 0.3 is 6.03 Å². The van der Waals surface area contributed by atoms with Gasteiger partial charge in [0.15, 0.2) is 0 Å². The minimum atomic E-state index is -1.57. The van der Waals surface area contributed by atoms with E-state index in [1.807, 2.05) is 0 Å². The summed E-state index contributed by atoms with van der Waals surface area (Å²) < 4.78 is 0. The quantitative estimate of drug-likeness (QED) is 0.269. The van der Waals surface area contributed by atoms with Crippen LogP contribution in [0.5, 0.6) is 0 Å². The van der Waals surface area contributed by atoms with E-state index in [-0.39, 0.29) is 24.4 Å². The largest absolute Gasteiger partial charge is 0.394 e. The lowest BCUT2D eigenvalue weighted by molar-refractivity contribution is -0.143. The summed E-state index contributed by atoms with van der Waals surface area (Å²) in [4.78, 5) is 25.8. The zero-order chi connectivity index (χ0) is 19.0. The number of aliphatic hydroxyl groups excluding tert-OH is 5. The van der Waals surface area contributed by atoms with Crippen molar-refractivity contribution in [2.24, 2.45) is 11.8 Å². The zero-order valence-corrected chi connectivity index (χ0v) is 14.4. The molecule has 0 radical (unpaired) electrons. The van der Waals surface area contributed by atoms with E-state index in [0.29, 0.717) is 19.3 Å². The molecule has 148 valence electrons. The molecule has 1 saturated carbocycles. The highest BCUT2D eigenvalue weighted by Crippen LogP contribution is 2.41. The number of β-amino-alcohol motifs (C(OH)–C–C–N with tert-alkyl or cyclic N) is 1. The van der Waals surface area contributed by atoms with Crippen LogP contribution in [0.1, 0.15) is 25.7 Å². The first-order chi connectivity index (χ1) is 12.3. The molecule has 0 aromatic rings. The van der Waals surface area contributed by atoms with Crippen molar-refractivity contribution in [2.45, 2.75) is 62.3 Å². The Bertz CT molecular complexity index is 548. The smallest absolute Gasteiger partial charge is 0.322 e. The first kappa shape index (κ1) is 19.5. The molecule has 3 rings (SSSR count). The number of fused-ring (bicyclic) bond motifs is 2. The second kappa shape index (κ2) is 7.75. The number of aliphatic hydroxyl groups is 5. The van der Waals surface area contributed by atoms with Gasteiger partial charge in [-0.25, -0.2) is 4.79 Å². The molecule has 0 aromatic heterocycles. The van der Waals surface area contributed by atoms with Gasteiger partial charge in [-0.1, -0.05) is 0 Å². The highest BCUT2D eigenvalue weighted by molar-refractivity contribution is 5.98. The first-order valence-electron chi connectivity index (χ1n) is 9.02. The molecule has 3 aliphatic rings. The number of rotatable bonds is 5. The molecule has 8 atom stereocenters. The van der Waals surface area contributed by atoms with Gasteiger partial charge in [0.25, 0.3) is 0 Å². The van der Waals surface area contributed by atoms with Crippen molar-refractivity contribution in [3.63, 3.8) is 0 Å². The van der Waals surface area contributed by atoms with Crippen molar-refractivity contribution in [1.29, 1.82) is 0 Å². The van der Waals surface area contributed by atoms with Crippen LogP contribution in [0.3, 0.4) is 0 Å². The summed E-state index contributed by atoms with van der Waals surface area (Å²) in [6, 6.07) is -0.791. The number of urea groups is 1. The third-order valence-corrected chi connectivity index (χ3v) is 5.88. The molecule has 0 spiro atoms. The molecule has 1 aliphatic carbocycles. The molecular weight excluding hydrogens is 346 g/mol. The van der Waals surface area contributed by atoms with Gasteiger partial charge in [-0.05, 0) is 31.6 Å². The van der Waals surface area contributed by atoms with Crippen molar-refractivity contribution in [3.8, 4) is 0 Å². The van der Waals surface area contributed by atoms with Gasteiger partial charge in [-0.15, -0.1) is 0 Å². The Morgan fingerprint density at radius 2 is 1.85 bits per heavy atom. The van der Waals surface area contributed by atoms with E-state index < -0.39 is 49.1 Å². The zero-order valence-electron chi connectivity index (χ0n) is 14.4. The van der Waals surface area contributed by atoms with Gasteiger partial charge in [0.05, 0.1) is 30.9 Å². The summed E-state index contributed by atoms with van der Waals surface area (Å²) in [6.45, 7) is -0.810. The number of nitrogens with one attached hydrogen (secondary N) is 2. The Kier molecular flexibility index (Phi) is 5.80. The Morgan fingerprint density at radius 3 is 2.54 bits per heavy atom. The maximum atomic E-state index is 12.3.